The molecule has 2 rings (SSSR count). The van der Waals surface area contributed by atoms with Crippen LogP contribution < -0.4 is 0 Å². The molecule has 0 fully saturated rings. The summed E-state index contributed by atoms with van der Waals surface area (Å²) in [5, 5.41) is 14.2. The number of aliphatic carboxylic acids is 1. The lowest BCUT2D eigenvalue weighted by Gasteiger charge is -2.13. The minimum atomic E-state index is -0.860. The quantitative estimate of drug-likeness (QED) is 0.936. The number of aromatic nitrogens is 2. The lowest BCUT2D eigenvalue weighted by molar-refractivity contribution is -0.138. The molecular weight excluding hydrogens is 264 g/mol. The maximum absolute atomic E-state index is 11.5. The van der Waals surface area contributed by atoms with Gasteiger partial charge in [-0.1, -0.05) is 41.9 Å². The summed E-state index contributed by atoms with van der Waals surface area (Å²) in [7, 11) is 1.78. The second-order valence-electron chi connectivity index (χ2n) is 4.48. The van der Waals surface area contributed by atoms with Crippen molar-refractivity contribution in [2.75, 3.05) is 0 Å². The Labute approximate surface area is 116 Å². The Bertz CT molecular complexity index is 593. The smallest absolute Gasteiger partial charge is 0.311 e. The summed E-state index contributed by atoms with van der Waals surface area (Å²) >= 11 is 6.17. The summed E-state index contributed by atoms with van der Waals surface area (Å²) in [5.74, 6) is -1.48. The average molecular weight is 279 g/mol. The zero-order chi connectivity index (χ0) is 14.0. The topological polar surface area (TPSA) is 55.1 Å². The molecule has 0 saturated heterocycles. The van der Waals surface area contributed by atoms with Crippen LogP contribution in [0.4, 0.5) is 0 Å². The van der Waals surface area contributed by atoms with Crippen molar-refractivity contribution in [1.29, 1.82) is 0 Å². The molecular formula is C14H15ClN2O2. The van der Waals surface area contributed by atoms with Gasteiger partial charge in [-0.25, -0.2) is 0 Å². The molecule has 1 unspecified atom stereocenters. The molecule has 4 nitrogen and oxygen atoms in total. The Kier molecular flexibility index (Phi) is 3.90. The molecule has 19 heavy (non-hydrogen) atoms. The fourth-order valence-corrected chi connectivity index (χ4v) is 2.37. The van der Waals surface area contributed by atoms with Gasteiger partial charge >= 0.3 is 5.97 Å². The highest BCUT2D eigenvalue weighted by Crippen LogP contribution is 2.27. The Morgan fingerprint density at radius 3 is 2.53 bits per heavy atom. The van der Waals surface area contributed by atoms with Crippen molar-refractivity contribution in [2.45, 2.75) is 19.3 Å². The van der Waals surface area contributed by atoms with Crippen LogP contribution in [-0.4, -0.2) is 20.9 Å². The zero-order valence-electron chi connectivity index (χ0n) is 10.8. The summed E-state index contributed by atoms with van der Waals surface area (Å²) in [4.78, 5) is 11.5. The third-order valence-corrected chi connectivity index (χ3v) is 3.65. The number of carbonyl (C=O) groups is 1. The molecule has 100 valence electrons. The number of nitrogens with zero attached hydrogens (tertiary/aromatic N) is 2. The molecule has 5 heteroatoms. The van der Waals surface area contributed by atoms with Crippen molar-refractivity contribution < 1.29 is 9.90 Å². The van der Waals surface area contributed by atoms with E-state index in [0.29, 0.717) is 11.4 Å². The summed E-state index contributed by atoms with van der Waals surface area (Å²) in [5.41, 5.74) is 2.23. The first-order valence-corrected chi connectivity index (χ1v) is 6.34. The summed E-state index contributed by atoms with van der Waals surface area (Å²) in [6.45, 7) is 1.81. The van der Waals surface area contributed by atoms with Crippen molar-refractivity contribution in [3.05, 3.63) is 52.3 Å². The van der Waals surface area contributed by atoms with Crippen LogP contribution in [0.2, 0.25) is 5.02 Å². The van der Waals surface area contributed by atoms with Crippen molar-refractivity contribution in [1.82, 2.24) is 9.78 Å². The average Bonchev–Trinajstić information content (AvgIpc) is 2.62. The van der Waals surface area contributed by atoms with E-state index in [1.807, 2.05) is 37.3 Å². The molecule has 0 aliphatic rings. The molecule has 0 aliphatic heterocycles. The van der Waals surface area contributed by atoms with Gasteiger partial charge < -0.3 is 5.11 Å². The summed E-state index contributed by atoms with van der Waals surface area (Å²) in [6, 6.07) is 9.16. The number of hydrogen-bond donors (Lipinski definition) is 1. The Balaban J connectivity index is 2.35. The van der Waals surface area contributed by atoms with E-state index in [2.05, 4.69) is 5.10 Å². The molecule has 1 aromatic heterocycles. The van der Waals surface area contributed by atoms with Crippen molar-refractivity contribution in [3.63, 3.8) is 0 Å². The molecule has 2 aromatic rings. The number of carboxylic acids is 1. The van der Waals surface area contributed by atoms with E-state index < -0.39 is 11.9 Å². The van der Waals surface area contributed by atoms with Crippen LogP contribution in [0.5, 0.6) is 0 Å². The van der Waals surface area contributed by atoms with Crippen LogP contribution in [-0.2, 0) is 18.3 Å². The number of benzene rings is 1. The molecule has 1 atom stereocenters. The number of rotatable bonds is 4. The second-order valence-corrected chi connectivity index (χ2v) is 4.85. The van der Waals surface area contributed by atoms with Gasteiger partial charge in [0.15, 0.2) is 0 Å². The van der Waals surface area contributed by atoms with Gasteiger partial charge in [-0.3, -0.25) is 9.48 Å². The normalized spacial score (nSPS) is 12.4. The van der Waals surface area contributed by atoms with Gasteiger partial charge in [0.1, 0.15) is 0 Å². The molecule has 0 spiro atoms. The maximum Gasteiger partial charge on any atom is 0.311 e. The predicted molar refractivity (Wildman–Crippen MR) is 73.5 cm³/mol. The van der Waals surface area contributed by atoms with E-state index in [4.69, 9.17) is 11.6 Å². The molecule has 1 aromatic carbocycles. The van der Waals surface area contributed by atoms with Gasteiger partial charge in [0.25, 0.3) is 0 Å². The Morgan fingerprint density at radius 2 is 2.05 bits per heavy atom. The second kappa shape index (κ2) is 5.45. The van der Waals surface area contributed by atoms with Crippen LogP contribution >= 0.6 is 11.6 Å². The SMILES string of the molecule is Cc1nn(C)c(CC(C(=O)O)c2ccccc2)c1Cl. The van der Waals surface area contributed by atoms with E-state index >= 15 is 0 Å². The first-order valence-electron chi connectivity index (χ1n) is 5.96. The molecule has 0 radical (unpaired) electrons. The number of hydrogen-bond acceptors (Lipinski definition) is 2. The highest BCUT2D eigenvalue weighted by molar-refractivity contribution is 6.31. The molecule has 0 aliphatic carbocycles. The highest BCUT2D eigenvalue weighted by atomic mass is 35.5. The lowest BCUT2D eigenvalue weighted by Crippen LogP contribution is -2.16. The largest absolute Gasteiger partial charge is 0.481 e. The number of carboxylic acid groups (broad SMARTS) is 1. The van der Waals surface area contributed by atoms with E-state index in [-0.39, 0.29) is 0 Å². The standard InChI is InChI=1S/C14H15ClN2O2/c1-9-13(15)12(17(2)16-9)8-11(14(18)19)10-6-4-3-5-7-10/h3-7,11H,8H2,1-2H3,(H,18,19). The van der Waals surface area contributed by atoms with E-state index in [9.17, 15) is 9.90 Å². The molecule has 0 saturated carbocycles. The molecule has 0 bridgehead atoms. The van der Waals surface area contributed by atoms with Crippen molar-refractivity contribution in [3.8, 4) is 0 Å². The van der Waals surface area contributed by atoms with Crippen molar-refractivity contribution >= 4 is 17.6 Å². The summed E-state index contributed by atoms with van der Waals surface area (Å²) < 4.78 is 1.65. The fourth-order valence-electron chi connectivity index (χ4n) is 2.13. The Hall–Kier alpha value is -1.81. The van der Waals surface area contributed by atoms with Crippen LogP contribution in [0.25, 0.3) is 0 Å². The number of halogens is 1. The van der Waals surface area contributed by atoms with Crippen LogP contribution in [0.15, 0.2) is 30.3 Å². The maximum atomic E-state index is 11.5. The Morgan fingerprint density at radius 1 is 1.42 bits per heavy atom. The minimum absolute atomic E-state index is 0.329. The third-order valence-electron chi connectivity index (χ3n) is 3.16. The van der Waals surface area contributed by atoms with Crippen LogP contribution in [0, 0.1) is 6.92 Å². The summed E-state index contributed by atoms with van der Waals surface area (Å²) in [6.07, 6.45) is 0.329. The predicted octanol–water partition coefficient (Wildman–Crippen LogP) is 2.79. The number of aryl methyl sites for hydroxylation is 2. The van der Waals surface area contributed by atoms with Gasteiger partial charge in [-0.2, -0.15) is 5.10 Å². The highest BCUT2D eigenvalue weighted by Gasteiger charge is 2.24. The van der Waals surface area contributed by atoms with Gasteiger partial charge in [0.05, 0.1) is 22.3 Å². The van der Waals surface area contributed by atoms with E-state index in [0.717, 1.165) is 17.0 Å². The van der Waals surface area contributed by atoms with Crippen LogP contribution in [0.3, 0.4) is 0 Å². The van der Waals surface area contributed by atoms with Gasteiger partial charge in [0, 0.05) is 13.5 Å². The monoisotopic (exact) mass is 278 g/mol. The molecule has 0 amide bonds. The first kappa shape index (κ1) is 13.6. The third kappa shape index (κ3) is 2.79. The van der Waals surface area contributed by atoms with Crippen molar-refractivity contribution in [2.24, 2.45) is 7.05 Å². The van der Waals surface area contributed by atoms with E-state index in [1.165, 1.54) is 0 Å². The van der Waals surface area contributed by atoms with Gasteiger partial charge in [-0.05, 0) is 12.5 Å². The zero-order valence-corrected chi connectivity index (χ0v) is 11.6. The lowest BCUT2D eigenvalue weighted by atomic mass is 9.94. The van der Waals surface area contributed by atoms with Gasteiger partial charge in [0.2, 0.25) is 0 Å². The molecule has 1 heterocycles. The minimum Gasteiger partial charge on any atom is -0.481 e. The van der Waals surface area contributed by atoms with E-state index in [1.54, 1.807) is 11.7 Å². The van der Waals surface area contributed by atoms with Gasteiger partial charge in [-0.15, -0.1) is 0 Å². The molecule has 1 N–H and O–H groups in total. The van der Waals surface area contributed by atoms with Crippen LogP contribution in [0.1, 0.15) is 22.9 Å². The fraction of sp³-hybridized carbons (Fsp3) is 0.286. The first-order chi connectivity index (χ1) is 9.00.